The van der Waals surface area contributed by atoms with Gasteiger partial charge in [0.1, 0.15) is 5.78 Å². The van der Waals surface area contributed by atoms with Gasteiger partial charge in [-0.15, -0.1) is 0 Å². The van der Waals surface area contributed by atoms with E-state index in [2.05, 4.69) is 15.9 Å². The molecular formula is C26H17BrN2O5. The number of non-ortho nitro benzene ring substituents is 1. The molecule has 4 aliphatic rings. The average Bonchev–Trinajstić information content (AvgIpc) is 3.09. The molecule has 3 aromatic rings. The van der Waals surface area contributed by atoms with Crippen LogP contribution >= 0.6 is 15.9 Å². The maximum absolute atomic E-state index is 14.0. The van der Waals surface area contributed by atoms with Crippen molar-refractivity contribution in [3.05, 3.63) is 104 Å². The number of halogens is 1. The average molecular weight is 517 g/mol. The van der Waals surface area contributed by atoms with Gasteiger partial charge in [-0.1, -0.05) is 48.5 Å². The summed E-state index contributed by atoms with van der Waals surface area (Å²) in [6.45, 7) is 1.48. The first-order valence-corrected chi connectivity index (χ1v) is 11.6. The minimum absolute atomic E-state index is 0.160. The minimum atomic E-state index is -1.28. The SMILES string of the molecule is CC(=O)C12c3ccccc3C(c3ccccc31)[C@@H]1C(=O)N(c3ccc([N+](=O)[O-])cc3Br)C(=O)[C@@H]12. The molecule has 0 saturated carbocycles. The fourth-order valence-corrected chi connectivity index (χ4v) is 6.94. The molecular weight excluding hydrogens is 500 g/mol. The molecule has 0 N–H and O–H groups in total. The van der Waals surface area contributed by atoms with Gasteiger partial charge in [0, 0.05) is 22.5 Å². The van der Waals surface area contributed by atoms with Gasteiger partial charge in [-0.2, -0.15) is 0 Å². The van der Waals surface area contributed by atoms with Crippen LogP contribution in [0, 0.1) is 22.0 Å². The third-order valence-electron chi connectivity index (χ3n) is 7.56. The zero-order chi connectivity index (χ0) is 23.9. The molecule has 8 heteroatoms. The Morgan fingerprint density at radius 1 is 0.971 bits per heavy atom. The van der Waals surface area contributed by atoms with E-state index in [4.69, 9.17) is 0 Å². The molecule has 1 saturated heterocycles. The van der Waals surface area contributed by atoms with Crippen LogP contribution in [0.5, 0.6) is 0 Å². The summed E-state index contributed by atoms with van der Waals surface area (Å²) in [7, 11) is 0. The standard InChI is InChI=1S/C26H17BrN2O5/c1-13(30)26-17-8-4-2-6-15(17)21(16-7-3-5-9-18(16)26)22-23(26)25(32)28(24(22)31)20-11-10-14(29(33)34)12-19(20)27/h2-12,21-23H,1H3/t21?,22-,23+,26?/m0/s1. The highest BCUT2D eigenvalue weighted by atomic mass is 79.9. The Labute approximate surface area is 202 Å². The van der Waals surface area contributed by atoms with E-state index in [1.807, 2.05) is 48.5 Å². The molecule has 7 nitrogen and oxygen atoms in total. The Kier molecular flexibility index (Phi) is 4.26. The van der Waals surface area contributed by atoms with Gasteiger partial charge >= 0.3 is 0 Å². The minimum Gasteiger partial charge on any atom is -0.299 e. The smallest absolute Gasteiger partial charge is 0.270 e. The summed E-state index contributed by atoms with van der Waals surface area (Å²) >= 11 is 3.31. The number of nitrogens with zero attached hydrogens (tertiary/aromatic N) is 2. The summed E-state index contributed by atoms with van der Waals surface area (Å²) in [5, 5.41) is 11.2. The number of hydrogen-bond acceptors (Lipinski definition) is 5. The molecule has 2 atom stereocenters. The number of carbonyl (C=O) groups excluding carboxylic acids is 3. The van der Waals surface area contributed by atoms with Crippen LogP contribution in [-0.2, 0) is 19.8 Å². The van der Waals surface area contributed by atoms with Crippen molar-refractivity contribution in [3.63, 3.8) is 0 Å². The maximum atomic E-state index is 14.0. The number of Topliss-reactive ketones (excluding diaryl/α,β-unsaturated/α-hetero) is 1. The fraction of sp³-hybridized carbons (Fsp3) is 0.192. The lowest BCUT2D eigenvalue weighted by atomic mass is 9.46. The van der Waals surface area contributed by atoms with Crippen LogP contribution in [0.25, 0.3) is 0 Å². The Balaban J connectivity index is 1.62. The van der Waals surface area contributed by atoms with Gasteiger partial charge in [-0.25, -0.2) is 4.90 Å². The number of hydrogen-bond donors (Lipinski definition) is 0. The predicted molar refractivity (Wildman–Crippen MR) is 126 cm³/mol. The highest BCUT2D eigenvalue weighted by Crippen LogP contribution is 2.64. The first-order chi connectivity index (χ1) is 16.3. The number of benzene rings is 3. The molecule has 168 valence electrons. The number of carbonyl (C=O) groups is 3. The lowest BCUT2D eigenvalue weighted by Crippen LogP contribution is -2.57. The zero-order valence-electron chi connectivity index (χ0n) is 17.9. The number of anilines is 1. The second-order valence-electron chi connectivity index (χ2n) is 8.92. The summed E-state index contributed by atoms with van der Waals surface area (Å²) in [4.78, 5) is 53.3. The van der Waals surface area contributed by atoms with Gasteiger partial charge in [-0.05, 0) is 51.2 Å². The molecule has 3 aliphatic carbocycles. The molecule has 1 aliphatic heterocycles. The van der Waals surface area contributed by atoms with Crippen molar-refractivity contribution in [2.75, 3.05) is 4.90 Å². The number of nitro benzene ring substituents is 1. The van der Waals surface area contributed by atoms with Gasteiger partial charge in [0.05, 0.1) is 27.9 Å². The number of rotatable bonds is 3. The van der Waals surface area contributed by atoms with Crippen molar-refractivity contribution in [2.45, 2.75) is 18.3 Å². The molecule has 0 aromatic heterocycles. The van der Waals surface area contributed by atoms with Crippen molar-refractivity contribution < 1.29 is 19.3 Å². The molecule has 1 heterocycles. The van der Waals surface area contributed by atoms with E-state index in [1.54, 1.807) is 0 Å². The molecule has 2 bridgehead atoms. The predicted octanol–water partition coefficient (Wildman–Crippen LogP) is 4.50. The van der Waals surface area contributed by atoms with Gasteiger partial charge in [-0.3, -0.25) is 24.5 Å². The number of ketones is 1. The largest absolute Gasteiger partial charge is 0.299 e. The normalized spacial score (nSPS) is 26.2. The van der Waals surface area contributed by atoms with Crippen molar-refractivity contribution in [3.8, 4) is 0 Å². The highest BCUT2D eigenvalue weighted by molar-refractivity contribution is 9.10. The van der Waals surface area contributed by atoms with Gasteiger partial charge < -0.3 is 0 Å². The van der Waals surface area contributed by atoms with Crippen molar-refractivity contribution in [1.82, 2.24) is 0 Å². The Morgan fingerprint density at radius 3 is 2.09 bits per heavy atom. The molecule has 0 spiro atoms. The topological polar surface area (TPSA) is 97.6 Å². The molecule has 0 unspecified atom stereocenters. The molecule has 2 amide bonds. The molecule has 7 rings (SSSR count). The second-order valence-corrected chi connectivity index (χ2v) is 9.78. The van der Waals surface area contributed by atoms with Gasteiger partial charge in [0.2, 0.25) is 11.8 Å². The van der Waals surface area contributed by atoms with E-state index in [0.717, 1.165) is 27.2 Å². The van der Waals surface area contributed by atoms with E-state index >= 15 is 0 Å². The Bertz CT molecular complexity index is 1420. The third kappa shape index (κ3) is 2.33. The van der Waals surface area contributed by atoms with E-state index in [1.165, 1.54) is 25.1 Å². The van der Waals surface area contributed by atoms with Crippen LogP contribution in [0.1, 0.15) is 35.1 Å². The summed E-state index contributed by atoms with van der Waals surface area (Å²) in [5.74, 6) is -3.06. The summed E-state index contributed by atoms with van der Waals surface area (Å²) in [5.41, 5.74) is 2.14. The summed E-state index contributed by atoms with van der Waals surface area (Å²) < 4.78 is 0.265. The lowest BCUT2D eigenvalue weighted by molar-refractivity contribution is -0.384. The van der Waals surface area contributed by atoms with Crippen LogP contribution in [0.4, 0.5) is 11.4 Å². The van der Waals surface area contributed by atoms with Gasteiger partial charge in [0.15, 0.2) is 0 Å². The number of amides is 2. The first-order valence-electron chi connectivity index (χ1n) is 10.8. The van der Waals surface area contributed by atoms with E-state index in [0.29, 0.717) is 0 Å². The number of nitro groups is 1. The van der Waals surface area contributed by atoms with Crippen LogP contribution in [-0.4, -0.2) is 22.5 Å². The van der Waals surface area contributed by atoms with Crippen LogP contribution < -0.4 is 4.90 Å². The van der Waals surface area contributed by atoms with E-state index in [-0.39, 0.29) is 27.5 Å². The van der Waals surface area contributed by atoms with Crippen LogP contribution in [0.2, 0.25) is 0 Å². The first kappa shape index (κ1) is 20.9. The quantitative estimate of drug-likeness (QED) is 0.290. The van der Waals surface area contributed by atoms with Crippen molar-refractivity contribution in [1.29, 1.82) is 0 Å². The lowest BCUT2D eigenvalue weighted by Gasteiger charge is -2.52. The van der Waals surface area contributed by atoms with Crippen LogP contribution in [0.3, 0.4) is 0 Å². The fourth-order valence-electron chi connectivity index (χ4n) is 6.40. The van der Waals surface area contributed by atoms with E-state index < -0.39 is 34.0 Å². The zero-order valence-corrected chi connectivity index (χ0v) is 19.5. The highest BCUT2D eigenvalue weighted by Gasteiger charge is 2.70. The molecule has 0 radical (unpaired) electrons. The third-order valence-corrected chi connectivity index (χ3v) is 8.19. The number of imide groups is 1. The second kappa shape index (κ2) is 6.93. The Morgan fingerprint density at radius 2 is 1.56 bits per heavy atom. The van der Waals surface area contributed by atoms with Gasteiger partial charge in [0.25, 0.3) is 5.69 Å². The molecule has 3 aromatic carbocycles. The molecule has 1 fully saturated rings. The van der Waals surface area contributed by atoms with E-state index in [9.17, 15) is 24.5 Å². The monoisotopic (exact) mass is 516 g/mol. The summed E-state index contributed by atoms with van der Waals surface area (Å²) in [6.07, 6.45) is 0. The van der Waals surface area contributed by atoms with Crippen molar-refractivity contribution >= 4 is 44.9 Å². The molecule has 34 heavy (non-hydrogen) atoms. The van der Waals surface area contributed by atoms with Crippen molar-refractivity contribution in [2.24, 2.45) is 11.8 Å². The Hall–Kier alpha value is -3.65. The maximum Gasteiger partial charge on any atom is 0.270 e. The summed E-state index contributed by atoms with van der Waals surface area (Å²) in [6, 6.07) is 19.1. The van der Waals surface area contributed by atoms with Crippen LogP contribution in [0.15, 0.2) is 71.2 Å².